The first-order valence-corrected chi connectivity index (χ1v) is 10.9. The molecule has 1 aliphatic carbocycles. The van der Waals surface area contributed by atoms with Crippen LogP contribution in [0.25, 0.3) is 0 Å². The van der Waals surface area contributed by atoms with E-state index in [0.717, 1.165) is 94.5 Å². The summed E-state index contributed by atoms with van der Waals surface area (Å²) in [5.74, 6) is 0.312. The van der Waals surface area contributed by atoms with Gasteiger partial charge in [0.05, 0.1) is 5.69 Å². The van der Waals surface area contributed by atoms with Crippen molar-refractivity contribution >= 4 is 5.91 Å². The molecule has 0 saturated carbocycles. The van der Waals surface area contributed by atoms with Crippen molar-refractivity contribution in [1.29, 1.82) is 0 Å². The normalized spacial score (nSPS) is 24.8. The highest BCUT2D eigenvalue weighted by molar-refractivity contribution is 5.93. The van der Waals surface area contributed by atoms with Crippen LogP contribution < -0.4 is 0 Å². The summed E-state index contributed by atoms with van der Waals surface area (Å²) in [6.07, 6.45) is 7.40. The van der Waals surface area contributed by atoms with E-state index >= 15 is 0 Å². The van der Waals surface area contributed by atoms with E-state index in [2.05, 4.69) is 10.1 Å². The van der Waals surface area contributed by atoms with Crippen LogP contribution in [-0.4, -0.2) is 47.0 Å². The fourth-order valence-corrected chi connectivity index (χ4v) is 5.44. The quantitative estimate of drug-likeness (QED) is 0.790. The van der Waals surface area contributed by atoms with Crippen molar-refractivity contribution in [2.24, 2.45) is 5.41 Å². The SMILES string of the molecule is O=C(c1onc2c1CCCC2)N1CC[C@]2(CCCN(Cc3ccc(F)cc3)C2)C1. The van der Waals surface area contributed by atoms with Crippen LogP contribution in [0.3, 0.4) is 0 Å². The molecule has 3 aliphatic rings. The predicted octanol–water partition coefficient (Wildman–Crippen LogP) is 3.82. The Balaban J connectivity index is 1.26. The number of aromatic nitrogens is 1. The van der Waals surface area contributed by atoms with E-state index in [1.807, 2.05) is 17.0 Å². The van der Waals surface area contributed by atoms with Gasteiger partial charge in [-0.3, -0.25) is 9.69 Å². The van der Waals surface area contributed by atoms with Gasteiger partial charge >= 0.3 is 0 Å². The predicted molar refractivity (Wildman–Crippen MR) is 107 cm³/mol. The Morgan fingerprint density at radius 1 is 1.07 bits per heavy atom. The van der Waals surface area contributed by atoms with Crippen molar-refractivity contribution in [2.75, 3.05) is 26.2 Å². The minimum Gasteiger partial charge on any atom is -0.350 e. The maximum Gasteiger partial charge on any atom is 0.292 e. The third-order valence-corrected chi connectivity index (χ3v) is 6.94. The molecule has 2 saturated heterocycles. The summed E-state index contributed by atoms with van der Waals surface area (Å²) in [5, 5.41) is 4.16. The van der Waals surface area contributed by atoms with E-state index in [-0.39, 0.29) is 17.1 Å². The van der Waals surface area contributed by atoms with Crippen LogP contribution >= 0.6 is 0 Å². The molecule has 5 rings (SSSR count). The second-order valence-electron chi connectivity index (χ2n) is 9.06. The smallest absolute Gasteiger partial charge is 0.292 e. The lowest BCUT2D eigenvalue weighted by atomic mass is 9.79. The van der Waals surface area contributed by atoms with Crippen LogP contribution in [-0.2, 0) is 19.4 Å². The van der Waals surface area contributed by atoms with E-state index in [1.54, 1.807) is 0 Å². The minimum atomic E-state index is -0.191. The number of amides is 1. The number of fused-ring (bicyclic) bond motifs is 1. The monoisotopic (exact) mass is 397 g/mol. The topological polar surface area (TPSA) is 49.6 Å². The van der Waals surface area contributed by atoms with Gasteiger partial charge in [0.2, 0.25) is 5.76 Å². The highest BCUT2D eigenvalue weighted by atomic mass is 19.1. The van der Waals surface area contributed by atoms with Crippen molar-refractivity contribution in [2.45, 2.75) is 51.5 Å². The fraction of sp³-hybridized carbons (Fsp3) is 0.565. The molecule has 2 aromatic rings. The second kappa shape index (κ2) is 7.56. The number of rotatable bonds is 3. The number of carbonyl (C=O) groups excluding carboxylic acids is 1. The van der Waals surface area contributed by atoms with Crippen LogP contribution in [0.4, 0.5) is 4.39 Å². The van der Waals surface area contributed by atoms with Gasteiger partial charge in [0.1, 0.15) is 5.82 Å². The molecular formula is C23H28FN3O2. The van der Waals surface area contributed by atoms with Gasteiger partial charge in [-0.2, -0.15) is 0 Å². The maximum atomic E-state index is 13.2. The van der Waals surface area contributed by atoms with E-state index < -0.39 is 0 Å². The molecule has 2 aliphatic heterocycles. The first-order chi connectivity index (χ1) is 14.1. The molecule has 1 spiro atoms. The van der Waals surface area contributed by atoms with Crippen LogP contribution in [0.5, 0.6) is 0 Å². The van der Waals surface area contributed by atoms with Crippen molar-refractivity contribution in [3.05, 3.63) is 52.7 Å². The summed E-state index contributed by atoms with van der Waals surface area (Å²) in [6.45, 7) is 4.47. The standard InChI is InChI=1S/C23H28FN3O2/c24-18-8-6-17(7-9-18)14-26-12-3-10-23(15-26)11-13-27(16-23)22(28)21-19-4-1-2-5-20(19)25-29-21/h6-9H,1-5,10-16H2/t23-/m0/s1. The number of piperidine rings is 1. The number of hydrogen-bond acceptors (Lipinski definition) is 4. The van der Waals surface area contributed by atoms with Gasteiger partial charge in [-0.15, -0.1) is 0 Å². The molecular weight excluding hydrogens is 369 g/mol. The van der Waals surface area contributed by atoms with Gasteiger partial charge in [-0.1, -0.05) is 17.3 Å². The maximum absolute atomic E-state index is 13.2. The molecule has 0 unspecified atom stereocenters. The van der Waals surface area contributed by atoms with Crippen LogP contribution in [0.2, 0.25) is 0 Å². The van der Waals surface area contributed by atoms with E-state index in [0.29, 0.717) is 5.76 Å². The lowest BCUT2D eigenvalue weighted by molar-refractivity contribution is 0.0642. The third kappa shape index (κ3) is 3.70. The Morgan fingerprint density at radius 3 is 2.76 bits per heavy atom. The zero-order valence-electron chi connectivity index (χ0n) is 16.8. The summed E-state index contributed by atoms with van der Waals surface area (Å²) in [5.41, 5.74) is 3.33. The van der Waals surface area contributed by atoms with Crippen molar-refractivity contribution < 1.29 is 13.7 Å². The molecule has 2 fully saturated rings. The summed E-state index contributed by atoms with van der Waals surface area (Å²) in [6, 6.07) is 6.80. The molecule has 1 amide bonds. The molecule has 1 aromatic carbocycles. The highest BCUT2D eigenvalue weighted by Gasteiger charge is 2.44. The van der Waals surface area contributed by atoms with Crippen molar-refractivity contribution in [3.8, 4) is 0 Å². The Labute approximate surface area is 170 Å². The van der Waals surface area contributed by atoms with Crippen LogP contribution in [0, 0.1) is 11.2 Å². The van der Waals surface area contributed by atoms with Gasteiger partial charge in [0, 0.05) is 37.2 Å². The molecule has 5 nitrogen and oxygen atoms in total. The van der Waals surface area contributed by atoms with Crippen molar-refractivity contribution in [1.82, 2.24) is 15.0 Å². The molecule has 1 atom stereocenters. The Kier molecular flexibility index (Phi) is 4.90. The Bertz CT molecular complexity index is 894. The van der Waals surface area contributed by atoms with Gasteiger partial charge in [0.25, 0.3) is 5.91 Å². The number of aryl methyl sites for hydroxylation is 1. The van der Waals surface area contributed by atoms with Gasteiger partial charge in [-0.05, 0) is 69.2 Å². The minimum absolute atomic E-state index is 0.0215. The molecule has 0 bridgehead atoms. The number of benzene rings is 1. The first-order valence-electron chi connectivity index (χ1n) is 10.9. The summed E-state index contributed by atoms with van der Waals surface area (Å²) in [7, 11) is 0. The number of likely N-dealkylation sites (tertiary alicyclic amines) is 2. The van der Waals surface area contributed by atoms with Crippen LogP contribution in [0.15, 0.2) is 28.8 Å². The molecule has 0 radical (unpaired) electrons. The lowest BCUT2D eigenvalue weighted by Crippen LogP contribution is -2.45. The van der Waals surface area contributed by atoms with Gasteiger partial charge in [-0.25, -0.2) is 4.39 Å². The van der Waals surface area contributed by atoms with Gasteiger partial charge in [0.15, 0.2) is 0 Å². The summed E-state index contributed by atoms with van der Waals surface area (Å²) in [4.78, 5) is 17.6. The van der Waals surface area contributed by atoms with E-state index in [4.69, 9.17) is 4.52 Å². The second-order valence-corrected chi connectivity index (χ2v) is 9.06. The summed E-state index contributed by atoms with van der Waals surface area (Å²) < 4.78 is 18.7. The van der Waals surface area contributed by atoms with E-state index in [9.17, 15) is 9.18 Å². The fourth-order valence-electron chi connectivity index (χ4n) is 5.44. The molecule has 1 aromatic heterocycles. The zero-order chi connectivity index (χ0) is 19.8. The molecule has 154 valence electrons. The van der Waals surface area contributed by atoms with E-state index in [1.165, 1.54) is 12.1 Å². The Hall–Kier alpha value is -2.21. The average molecular weight is 397 g/mol. The number of carbonyl (C=O) groups is 1. The first kappa shape index (κ1) is 18.8. The molecule has 6 heteroatoms. The number of hydrogen-bond donors (Lipinski definition) is 0. The van der Waals surface area contributed by atoms with Crippen LogP contribution in [0.1, 0.15) is 59.5 Å². The average Bonchev–Trinajstić information content (AvgIpc) is 3.34. The zero-order valence-corrected chi connectivity index (χ0v) is 16.8. The number of nitrogens with zero attached hydrogens (tertiary/aromatic N) is 3. The number of halogens is 1. The summed E-state index contributed by atoms with van der Waals surface area (Å²) >= 11 is 0. The Morgan fingerprint density at radius 2 is 1.90 bits per heavy atom. The molecule has 3 heterocycles. The van der Waals surface area contributed by atoms with Crippen molar-refractivity contribution in [3.63, 3.8) is 0 Å². The largest absolute Gasteiger partial charge is 0.350 e. The highest BCUT2D eigenvalue weighted by Crippen LogP contribution is 2.40. The molecule has 29 heavy (non-hydrogen) atoms. The molecule has 0 N–H and O–H groups in total. The lowest BCUT2D eigenvalue weighted by Gasteiger charge is -2.40. The third-order valence-electron chi connectivity index (χ3n) is 6.94. The van der Waals surface area contributed by atoms with Gasteiger partial charge < -0.3 is 9.42 Å².